The normalized spacial score (nSPS) is 20.1. The Bertz CT molecular complexity index is 815. The van der Waals surface area contributed by atoms with Crippen molar-refractivity contribution in [3.8, 4) is 11.5 Å². The van der Waals surface area contributed by atoms with Gasteiger partial charge in [-0.15, -0.1) is 0 Å². The SMILES string of the molecule is CC(CC(=O)c1ccc2c(c1)OC=CO2)N1CCC(c2ccccc2)C1. The van der Waals surface area contributed by atoms with Crippen LogP contribution >= 0.6 is 0 Å². The zero-order valence-corrected chi connectivity index (χ0v) is 14.9. The van der Waals surface area contributed by atoms with Crippen LogP contribution in [0.15, 0.2) is 61.1 Å². The second kappa shape index (κ2) is 7.34. The van der Waals surface area contributed by atoms with E-state index in [1.165, 1.54) is 18.1 Å². The van der Waals surface area contributed by atoms with E-state index in [0.717, 1.165) is 19.5 Å². The van der Waals surface area contributed by atoms with E-state index in [9.17, 15) is 4.79 Å². The van der Waals surface area contributed by atoms with Gasteiger partial charge in [0.15, 0.2) is 17.3 Å². The average molecular weight is 349 g/mol. The summed E-state index contributed by atoms with van der Waals surface area (Å²) >= 11 is 0. The van der Waals surface area contributed by atoms with Crippen molar-refractivity contribution in [3.05, 3.63) is 72.2 Å². The number of benzene rings is 2. The third-order valence-electron chi connectivity index (χ3n) is 5.31. The van der Waals surface area contributed by atoms with Crippen LogP contribution in [0.1, 0.15) is 41.6 Å². The number of Topliss-reactive ketones (excluding diaryl/α,β-unsaturated/α-hetero) is 1. The van der Waals surface area contributed by atoms with E-state index < -0.39 is 0 Å². The summed E-state index contributed by atoms with van der Waals surface area (Å²) in [5, 5.41) is 0. The molecule has 0 bridgehead atoms. The van der Waals surface area contributed by atoms with Crippen LogP contribution in [0.25, 0.3) is 0 Å². The second-order valence-corrected chi connectivity index (χ2v) is 7.04. The van der Waals surface area contributed by atoms with Gasteiger partial charge in [0.1, 0.15) is 12.5 Å². The Balaban J connectivity index is 1.38. The van der Waals surface area contributed by atoms with Crippen LogP contribution in [0, 0.1) is 0 Å². The van der Waals surface area contributed by atoms with E-state index in [4.69, 9.17) is 9.47 Å². The van der Waals surface area contributed by atoms with Gasteiger partial charge in [0, 0.05) is 24.6 Å². The molecule has 0 amide bonds. The highest BCUT2D eigenvalue weighted by Crippen LogP contribution is 2.32. The summed E-state index contributed by atoms with van der Waals surface area (Å²) in [6, 6.07) is 16.3. The Morgan fingerprint density at radius 2 is 1.88 bits per heavy atom. The van der Waals surface area contributed by atoms with Gasteiger partial charge in [-0.2, -0.15) is 0 Å². The van der Waals surface area contributed by atoms with Crippen LogP contribution in [-0.4, -0.2) is 29.8 Å². The molecule has 0 aliphatic carbocycles. The standard InChI is InChI=1S/C22H23NO3/c1-16(23-10-9-19(15-23)17-5-3-2-4-6-17)13-20(24)18-7-8-21-22(14-18)26-12-11-25-21/h2-8,11-12,14,16,19H,9-10,13,15H2,1H3. The number of ketones is 1. The fourth-order valence-electron chi connectivity index (χ4n) is 3.77. The first-order valence-corrected chi connectivity index (χ1v) is 9.15. The molecule has 0 N–H and O–H groups in total. The van der Waals surface area contributed by atoms with Gasteiger partial charge in [-0.25, -0.2) is 0 Å². The van der Waals surface area contributed by atoms with Gasteiger partial charge in [0.2, 0.25) is 0 Å². The molecule has 1 fully saturated rings. The maximum Gasteiger partial charge on any atom is 0.169 e. The molecule has 2 aliphatic rings. The minimum atomic E-state index is 0.140. The van der Waals surface area contributed by atoms with Gasteiger partial charge in [-0.05, 0) is 49.6 Å². The number of ether oxygens (including phenoxy) is 2. The van der Waals surface area contributed by atoms with E-state index in [1.807, 2.05) is 6.07 Å². The molecular formula is C22H23NO3. The van der Waals surface area contributed by atoms with Gasteiger partial charge < -0.3 is 9.47 Å². The molecule has 4 nitrogen and oxygen atoms in total. The maximum absolute atomic E-state index is 12.7. The van der Waals surface area contributed by atoms with Gasteiger partial charge >= 0.3 is 0 Å². The van der Waals surface area contributed by atoms with Gasteiger partial charge in [0.25, 0.3) is 0 Å². The lowest BCUT2D eigenvalue weighted by molar-refractivity contribution is 0.0940. The number of carbonyl (C=O) groups is 1. The average Bonchev–Trinajstić information content (AvgIpc) is 3.18. The van der Waals surface area contributed by atoms with Crippen molar-refractivity contribution in [3.63, 3.8) is 0 Å². The fourth-order valence-corrected chi connectivity index (χ4v) is 3.77. The molecule has 4 rings (SSSR count). The molecule has 0 aromatic heterocycles. The molecule has 26 heavy (non-hydrogen) atoms. The van der Waals surface area contributed by atoms with Crippen LogP contribution in [-0.2, 0) is 0 Å². The lowest BCUT2D eigenvalue weighted by atomic mass is 9.98. The predicted octanol–water partition coefficient (Wildman–Crippen LogP) is 4.38. The zero-order chi connectivity index (χ0) is 17.9. The van der Waals surface area contributed by atoms with E-state index in [1.54, 1.807) is 12.1 Å². The third-order valence-corrected chi connectivity index (χ3v) is 5.31. The number of nitrogens with zero attached hydrogens (tertiary/aromatic N) is 1. The molecule has 0 saturated carbocycles. The summed E-state index contributed by atoms with van der Waals surface area (Å²) in [5.74, 6) is 1.94. The summed E-state index contributed by atoms with van der Waals surface area (Å²) < 4.78 is 10.8. The number of likely N-dealkylation sites (tertiary alicyclic amines) is 1. The van der Waals surface area contributed by atoms with Gasteiger partial charge in [-0.1, -0.05) is 30.3 Å². The molecular weight excluding hydrogens is 326 g/mol. The van der Waals surface area contributed by atoms with E-state index in [-0.39, 0.29) is 11.8 Å². The maximum atomic E-state index is 12.7. The van der Waals surface area contributed by atoms with Crippen molar-refractivity contribution >= 4 is 5.78 Å². The molecule has 1 saturated heterocycles. The van der Waals surface area contributed by atoms with Gasteiger partial charge in [0.05, 0.1) is 0 Å². The number of fused-ring (bicyclic) bond motifs is 1. The van der Waals surface area contributed by atoms with E-state index >= 15 is 0 Å². The summed E-state index contributed by atoms with van der Waals surface area (Å²) in [5.41, 5.74) is 2.07. The first kappa shape index (κ1) is 16.9. The summed E-state index contributed by atoms with van der Waals surface area (Å²) in [7, 11) is 0. The number of carbonyl (C=O) groups excluding carboxylic acids is 1. The van der Waals surface area contributed by atoms with Crippen molar-refractivity contribution in [2.45, 2.75) is 31.7 Å². The topological polar surface area (TPSA) is 38.8 Å². The lowest BCUT2D eigenvalue weighted by Gasteiger charge is -2.24. The molecule has 2 aromatic rings. The lowest BCUT2D eigenvalue weighted by Crippen LogP contribution is -2.32. The van der Waals surface area contributed by atoms with Crippen molar-refractivity contribution in [2.24, 2.45) is 0 Å². The summed E-state index contributed by atoms with van der Waals surface area (Å²) in [6.07, 6.45) is 4.63. The Labute approximate surface area is 154 Å². The number of rotatable bonds is 5. The highest BCUT2D eigenvalue weighted by atomic mass is 16.5. The quantitative estimate of drug-likeness (QED) is 0.751. The largest absolute Gasteiger partial charge is 0.458 e. The van der Waals surface area contributed by atoms with E-state index in [2.05, 4.69) is 42.2 Å². The predicted molar refractivity (Wildman–Crippen MR) is 101 cm³/mol. The minimum absolute atomic E-state index is 0.140. The second-order valence-electron chi connectivity index (χ2n) is 7.04. The Hall–Kier alpha value is -2.59. The first-order valence-electron chi connectivity index (χ1n) is 9.15. The van der Waals surface area contributed by atoms with Gasteiger partial charge in [-0.3, -0.25) is 9.69 Å². The number of hydrogen-bond acceptors (Lipinski definition) is 4. The molecule has 0 radical (unpaired) electrons. The fraction of sp³-hybridized carbons (Fsp3) is 0.318. The third kappa shape index (κ3) is 3.51. The monoisotopic (exact) mass is 349 g/mol. The highest BCUT2D eigenvalue weighted by molar-refractivity contribution is 5.97. The van der Waals surface area contributed by atoms with E-state index in [0.29, 0.717) is 29.4 Å². The van der Waals surface area contributed by atoms with Crippen LogP contribution < -0.4 is 9.47 Å². The van der Waals surface area contributed by atoms with Crippen molar-refractivity contribution in [1.82, 2.24) is 4.90 Å². The first-order chi connectivity index (χ1) is 12.7. The summed E-state index contributed by atoms with van der Waals surface area (Å²) in [6.45, 7) is 4.20. The Morgan fingerprint density at radius 1 is 1.12 bits per heavy atom. The van der Waals surface area contributed by atoms with Crippen LogP contribution in [0.4, 0.5) is 0 Å². The molecule has 2 aromatic carbocycles. The Morgan fingerprint density at radius 3 is 2.69 bits per heavy atom. The highest BCUT2D eigenvalue weighted by Gasteiger charge is 2.28. The molecule has 134 valence electrons. The molecule has 2 unspecified atom stereocenters. The van der Waals surface area contributed by atoms with Crippen molar-refractivity contribution in [1.29, 1.82) is 0 Å². The number of hydrogen-bond donors (Lipinski definition) is 0. The zero-order valence-electron chi connectivity index (χ0n) is 14.9. The molecule has 2 aliphatic heterocycles. The van der Waals surface area contributed by atoms with Crippen molar-refractivity contribution in [2.75, 3.05) is 13.1 Å². The van der Waals surface area contributed by atoms with Crippen LogP contribution in [0.3, 0.4) is 0 Å². The molecule has 2 atom stereocenters. The van der Waals surface area contributed by atoms with Crippen molar-refractivity contribution < 1.29 is 14.3 Å². The molecule has 4 heteroatoms. The summed E-state index contributed by atoms with van der Waals surface area (Å²) in [4.78, 5) is 15.1. The smallest absolute Gasteiger partial charge is 0.169 e. The molecule has 0 spiro atoms. The molecule has 2 heterocycles. The van der Waals surface area contributed by atoms with Crippen LogP contribution in [0.2, 0.25) is 0 Å². The van der Waals surface area contributed by atoms with Crippen LogP contribution in [0.5, 0.6) is 11.5 Å². The minimum Gasteiger partial charge on any atom is -0.458 e. The Kier molecular flexibility index (Phi) is 4.76.